The van der Waals surface area contributed by atoms with Crippen LogP contribution in [0.1, 0.15) is 58.7 Å². The maximum absolute atomic E-state index is 5.87. The van der Waals surface area contributed by atoms with E-state index in [0.717, 1.165) is 0 Å². The first-order valence-corrected chi connectivity index (χ1v) is 7.49. The Morgan fingerprint density at radius 1 is 1.15 bits per heavy atom. The minimum absolute atomic E-state index is 0.0176. The molecule has 0 saturated heterocycles. The molecular weight excluding hydrogens is 248 g/mol. The summed E-state index contributed by atoms with van der Waals surface area (Å²) in [6, 6.07) is 8.69. The van der Waals surface area contributed by atoms with Crippen LogP contribution in [0.3, 0.4) is 0 Å². The van der Waals surface area contributed by atoms with Gasteiger partial charge in [-0.1, -0.05) is 58.9 Å². The molecular formula is C17H30N2O. The lowest BCUT2D eigenvalue weighted by atomic mass is 9.85. The minimum atomic E-state index is 0.0176. The van der Waals surface area contributed by atoms with Crippen LogP contribution in [0.4, 0.5) is 0 Å². The molecule has 2 atom stereocenters. The van der Waals surface area contributed by atoms with Gasteiger partial charge >= 0.3 is 0 Å². The average Bonchev–Trinajstić information content (AvgIpc) is 2.38. The van der Waals surface area contributed by atoms with E-state index in [-0.39, 0.29) is 17.6 Å². The number of nitrogens with one attached hydrogen (secondary N) is 1. The van der Waals surface area contributed by atoms with Gasteiger partial charge in [-0.15, -0.1) is 0 Å². The van der Waals surface area contributed by atoms with Gasteiger partial charge in [-0.05, 0) is 29.4 Å². The van der Waals surface area contributed by atoms with Gasteiger partial charge in [0.2, 0.25) is 0 Å². The van der Waals surface area contributed by atoms with Gasteiger partial charge in [0.05, 0.1) is 12.1 Å². The highest BCUT2D eigenvalue weighted by molar-refractivity contribution is 5.29. The SMILES string of the molecule is CCOC(C(C)C)C(NN)c1ccc(C(C)(C)C)cc1. The number of hydrogen-bond acceptors (Lipinski definition) is 3. The van der Waals surface area contributed by atoms with Gasteiger partial charge in [-0.2, -0.15) is 0 Å². The van der Waals surface area contributed by atoms with E-state index >= 15 is 0 Å². The van der Waals surface area contributed by atoms with Gasteiger partial charge in [0, 0.05) is 6.61 Å². The Morgan fingerprint density at radius 2 is 1.70 bits per heavy atom. The molecule has 0 aliphatic rings. The fourth-order valence-electron chi connectivity index (χ4n) is 2.44. The van der Waals surface area contributed by atoms with E-state index in [1.54, 1.807) is 0 Å². The number of hydrogen-bond donors (Lipinski definition) is 2. The summed E-state index contributed by atoms with van der Waals surface area (Å²) in [6.45, 7) is 13.7. The molecule has 3 N–H and O–H groups in total. The Bertz CT molecular complexity index is 392. The van der Waals surface area contributed by atoms with Crippen molar-refractivity contribution < 1.29 is 4.74 Å². The van der Waals surface area contributed by atoms with E-state index in [0.29, 0.717) is 12.5 Å². The van der Waals surface area contributed by atoms with Crippen LogP contribution in [0, 0.1) is 5.92 Å². The second kappa shape index (κ2) is 7.21. The van der Waals surface area contributed by atoms with Crippen LogP contribution >= 0.6 is 0 Å². The summed E-state index contributed by atoms with van der Waals surface area (Å²) in [7, 11) is 0. The number of benzene rings is 1. The number of ether oxygens (including phenoxy) is 1. The number of nitrogens with two attached hydrogens (primary N) is 1. The molecule has 0 fully saturated rings. The van der Waals surface area contributed by atoms with Crippen molar-refractivity contribution in [3.63, 3.8) is 0 Å². The molecule has 0 radical (unpaired) electrons. The predicted molar refractivity (Wildman–Crippen MR) is 85.5 cm³/mol. The number of hydrazine groups is 1. The van der Waals surface area contributed by atoms with Gasteiger partial charge in [-0.25, -0.2) is 0 Å². The van der Waals surface area contributed by atoms with E-state index in [1.165, 1.54) is 11.1 Å². The first-order valence-electron chi connectivity index (χ1n) is 7.49. The van der Waals surface area contributed by atoms with E-state index < -0.39 is 0 Å². The molecule has 0 aliphatic carbocycles. The van der Waals surface area contributed by atoms with E-state index in [1.807, 2.05) is 6.92 Å². The zero-order valence-corrected chi connectivity index (χ0v) is 13.7. The zero-order chi connectivity index (χ0) is 15.3. The quantitative estimate of drug-likeness (QED) is 0.618. The fraction of sp³-hybridized carbons (Fsp3) is 0.647. The third kappa shape index (κ3) is 4.30. The molecule has 0 aliphatic heterocycles. The molecule has 0 bridgehead atoms. The van der Waals surface area contributed by atoms with Crippen molar-refractivity contribution in [2.24, 2.45) is 11.8 Å². The van der Waals surface area contributed by atoms with Crippen molar-refractivity contribution in [1.82, 2.24) is 5.43 Å². The summed E-state index contributed by atoms with van der Waals surface area (Å²) < 4.78 is 5.87. The molecule has 0 spiro atoms. The summed E-state index contributed by atoms with van der Waals surface area (Å²) in [4.78, 5) is 0. The van der Waals surface area contributed by atoms with Gasteiger partial charge in [0.1, 0.15) is 0 Å². The van der Waals surface area contributed by atoms with Crippen LogP contribution in [0.5, 0.6) is 0 Å². The third-order valence-electron chi connectivity index (χ3n) is 3.66. The normalized spacial score (nSPS) is 15.4. The minimum Gasteiger partial charge on any atom is -0.376 e. The molecule has 114 valence electrons. The molecule has 0 heterocycles. The van der Waals surface area contributed by atoms with Crippen LogP contribution in [-0.2, 0) is 10.2 Å². The molecule has 1 aromatic rings. The second-order valence-electron chi connectivity index (χ2n) is 6.68. The third-order valence-corrected chi connectivity index (χ3v) is 3.66. The highest BCUT2D eigenvalue weighted by Crippen LogP contribution is 2.27. The van der Waals surface area contributed by atoms with Crippen molar-refractivity contribution in [2.75, 3.05) is 6.61 Å². The van der Waals surface area contributed by atoms with Crippen LogP contribution < -0.4 is 11.3 Å². The predicted octanol–water partition coefficient (Wildman–Crippen LogP) is 3.55. The van der Waals surface area contributed by atoms with Crippen LogP contribution in [-0.4, -0.2) is 12.7 Å². The Hall–Kier alpha value is -0.900. The van der Waals surface area contributed by atoms with Gasteiger partial charge in [0.25, 0.3) is 0 Å². The average molecular weight is 278 g/mol. The van der Waals surface area contributed by atoms with Gasteiger partial charge in [0.15, 0.2) is 0 Å². The van der Waals surface area contributed by atoms with Crippen LogP contribution in [0.25, 0.3) is 0 Å². The molecule has 1 aromatic carbocycles. The van der Waals surface area contributed by atoms with E-state index in [2.05, 4.69) is 64.3 Å². The lowest BCUT2D eigenvalue weighted by molar-refractivity contribution is 0.00277. The van der Waals surface area contributed by atoms with Crippen molar-refractivity contribution in [3.05, 3.63) is 35.4 Å². The maximum Gasteiger partial charge on any atom is 0.0805 e. The van der Waals surface area contributed by atoms with Gasteiger partial charge < -0.3 is 4.74 Å². The standard InChI is InChI=1S/C17H30N2O/c1-7-20-16(12(2)3)15(19-18)13-8-10-14(11-9-13)17(4,5)6/h8-12,15-16,19H,7,18H2,1-6H3. The summed E-state index contributed by atoms with van der Waals surface area (Å²) in [6.07, 6.45) is 0.0745. The summed E-state index contributed by atoms with van der Waals surface area (Å²) in [5.74, 6) is 6.17. The van der Waals surface area contributed by atoms with E-state index in [9.17, 15) is 0 Å². The van der Waals surface area contributed by atoms with Crippen molar-refractivity contribution in [1.29, 1.82) is 0 Å². The summed E-state index contributed by atoms with van der Waals surface area (Å²) >= 11 is 0. The first-order chi connectivity index (χ1) is 9.31. The highest BCUT2D eigenvalue weighted by Gasteiger charge is 2.26. The largest absolute Gasteiger partial charge is 0.376 e. The Labute approximate surface area is 123 Å². The molecule has 3 heteroatoms. The number of rotatable bonds is 6. The Kier molecular flexibility index (Phi) is 6.18. The Balaban J connectivity index is 3.00. The molecule has 1 rings (SSSR count). The first kappa shape index (κ1) is 17.2. The molecule has 0 saturated carbocycles. The second-order valence-corrected chi connectivity index (χ2v) is 6.68. The highest BCUT2D eigenvalue weighted by atomic mass is 16.5. The smallest absolute Gasteiger partial charge is 0.0805 e. The van der Waals surface area contributed by atoms with Crippen LogP contribution in [0.2, 0.25) is 0 Å². The zero-order valence-electron chi connectivity index (χ0n) is 13.7. The molecule has 0 aromatic heterocycles. The lowest BCUT2D eigenvalue weighted by Crippen LogP contribution is -2.40. The topological polar surface area (TPSA) is 47.3 Å². The Morgan fingerprint density at radius 3 is 2.05 bits per heavy atom. The van der Waals surface area contributed by atoms with Crippen LogP contribution in [0.15, 0.2) is 24.3 Å². The molecule has 3 nitrogen and oxygen atoms in total. The summed E-state index contributed by atoms with van der Waals surface area (Å²) in [5.41, 5.74) is 5.59. The van der Waals surface area contributed by atoms with Crippen molar-refractivity contribution in [2.45, 2.75) is 59.1 Å². The monoisotopic (exact) mass is 278 g/mol. The molecule has 20 heavy (non-hydrogen) atoms. The van der Waals surface area contributed by atoms with Crippen molar-refractivity contribution in [3.8, 4) is 0 Å². The fourth-order valence-corrected chi connectivity index (χ4v) is 2.44. The maximum atomic E-state index is 5.87. The molecule has 2 unspecified atom stereocenters. The lowest BCUT2D eigenvalue weighted by Gasteiger charge is -2.30. The molecule has 0 amide bonds. The van der Waals surface area contributed by atoms with Gasteiger partial charge in [-0.3, -0.25) is 11.3 Å². The van der Waals surface area contributed by atoms with E-state index in [4.69, 9.17) is 10.6 Å². The summed E-state index contributed by atoms with van der Waals surface area (Å²) in [5, 5.41) is 0. The van der Waals surface area contributed by atoms with Crippen molar-refractivity contribution >= 4 is 0 Å².